The molecule has 0 amide bonds. The van der Waals surface area contributed by atoms with E-state index < -0.39 is 27.2 Å². The van der Waals surface area contributed by atoms with Gasteiger partial charge in [0.25, 0.3) is 0 Å². The highest BCUT2D eigenvalue weighted by Crippen LogP contribution is 2.47. The predicted molar refractivity (Wildman–Crippen MR) is 85.1 cm³/mol. The Morgan fingerprint density at radius 2 is 2.14 bits per heavy atom. The van der Waals surface area contributed by atoms with Crippen molar-refractivity contribution in [2.24, 2.45) is 5.18 Å². The summed E-state index contributed by atoms with van der Waals surface area (Å²) in [6.07, 6.45) is 4.88. The predicted octanol–water partition coefficient (Wildman–Crippen LogP) is 2.08. The van der Waals surface area contributed by atoms with E-state index in [9.17, 15) is 13.5 Å². The molecular weight excluding hydrogens is 295 g/mol. The molecule has 7 heteroatoms. The lowest BCUT2D eigenvalue weighted by Crippen LogP contribution is -2.37. The third-order valence-corrected chi connectivity index (χ3v) is 6.25. The second kappa shape index (κ2) is 7.17. The van der Waals surface area contributed by atoms with E-state index in [2.05, 4.69) is 15.8 Å². The maximum absolute atomic E-state index is 12.8. The van der Waals surface area contributed by atoms with Gasteiger partial charge >= 0.3 is 0 Å². The number of allylic oxidation sites excluding steroid dienone is 4. The summed E-state index contributed by atoms with van der Waals surface area (Å²) in [4.78, 5) is 10.6. The normalized spacial score (nSPS) is 22.3. The number of alkyl halides is 1. The Labute approximate surface area is 125 Å². The first-order chi connectivity index (χ1) is 9.80. The van der Waals surface area contributed by atoms with Crippen LogP contribution in [-0.2, 0) is 9.71 Å². The lowest BCUT2D eigenvalue weighted by molar-refractivity contribution is 0.258. The molecule has 1 fully saturated rings. The van der Waals surface area contributed by atoms with E-state index in [0.29, 0.717) is 24.1 Å². The zero-order valence-electron chi connectivity index (χ0n) is 12.5. The molecule has 0 aromatic carbocycles. The van der Waals surface area contributed by atoms with Gasteiger partial charge in [0.1, 0.15) is 12.7 Å². The zero-order chi connectivity index (χ0) is 16.1. The molecule has 2 unspecified atom stereocenters. The van der Waals surface area contributed by atoms with E-state index in [4.69, 9.17) is 5.11 Å². The molecule has 0 aromatic heterocycles. The third kappa shape index (κ3) is 4.64. The molecule has 0 bridgehead atoms. The van der Waals surface area contributed by atoms with Crippen LogP contribution in [0.15, 0.2) is 28.6 Å². The third-order valence-electron chi connectivity index (χ3n) is 3.63. The second-order valence-corrected chi connectivity index (χ2v) is 8.02. The topological polar surface area (TPSA) is 78.8 Å². The summed E-state index contributed by atoms with van der Waals surface area (Å²) < 4.78 is 27.4. The molecule has 0 saturated heterocycles. The van der Waals surface area contributed by atoms with E-state index in [-0.39, 0.29) is 13.0 Å². The van der Waals surface area contributed by atoms with Crippen LogP contribution in [0.2, 0.25) is 0 Å². The van der Waals surface area contributed by atoms with Crippen LogP contribution < -0.4 is 4.72 Å². The fourth-order valence-corrected chi connectivity index (χ4v) is 4.11. The molecule has 2 atom stereocenters. The molecule has 0 aromatic rings. The van der Waals surface area contributed by atoms with Crippen molar-refractivity contribution in [1.82, 2.24) is 4.72 Å². The Hall–Kier alpha value is -1.21. The minimum atomic E-state index is -2.67. The molecule has 0 aliphatic heterocycles. The average Bonchev–Trinajstić information content (AvgIpc) is 3.23. The number of hydrogen-bond donors (Lipinski definition) is 2. The van der Waals surface area contributed by atoms with Gasteiger partial charge in [0.05, 0.1) is 21.1 Å². The molecule has 2 N–H and O–H groups in total. The maximum atomic E-state index is 12.8. The first-order valence-electron chi connectivity index (χ1n) is 6.78. The molecule has 21 heavy (non-hydrogen) atoms. The van der Waals surface area contributed by atoms with Crippen molar-refractivity contribution in [3.05, 3.63) is 28.3 Å². The van der Waals surface area contributed by atoms with Crippen molar-refractivity contribution in [1.29, 1.82) is 0 Å². The highest BCUT2D eigenvalue weighted by Gasteiger charge is 2.51. The summed E-state index contributed by atoms with van der Waals surface area (Å²) in [5.41, 5.74) is 1.19. The summed E-state index contributed by atoms with van der Waals surface area (Å²) in [5.74, 6) is 3.77. The number of nitrogens with one attached hydrogen (secondary N) is 1. The number of nitrogens with zero attached hydrogens (tertiary/aromatic N) is 1. The van der Waals surface area contributed by atoms with Crippen molar-refractivity contribution >= 4 is 15.6 Å². The minimum absolute atomic E-state index is 0.259. The smallest absolute Gasteiger partial charge is 0.116 e. The highest BCUT2D eigenvalue weighted by molar-refractivity contribution is 8.00. The fourth-order valence-electron chi connectivity index (χ4n) is 2.09. The highest BCUT2D eigenvalue weighted by atomic mass is 32.2. The van der Waals surface area contributed by atoms with E-state index in [1.54, 1.807) is 26.0 Å². The first kappa shape index (κ1) is 17.8. The van der Waals surface area contributed by atoms with E-state index in [1.165, 1.54) is 0 Å². The zero-order valence-corrected chi connectivity index (χ0v) is 13.3. The van der Waals surface area contributed by atoms with Gasteiger partial charge in [-0.1, -0.05) is 11.3 Å². The van der Waals surface area contributed by atoms with Crippen LogP contribution in [0.3, 0.4) is 0 Å². The van der Waals surface area contributed by atoms with Gasteiger partial charge in [-0.2, -0.15) is 4.91 Å². The monoisotopic (exact) mass is 318 g/mol. The summed E-state index contributed by atoms with van der Waals surface area (Å²) >= 11 is 0. The molecule has 0 radical (unpaired) electrons. The summed E-state index contributed by atoms with van der Waals surface area (Å²) in [7, 11) is -2.67. The van der Waals surface area contributed by atoms with Gasteiger partial charge < -0.3 is 9.83 Å². The van der Waals surface area contributed by atoms with Crippen LogP contribution in [0.4, 0.5) is 4.39 Å². The van der Waals surface area contributed by atoms with Crippen LogP contribution in [0.1, 0.15) is 33.1 Å². The Balaban J connectivity index is 2.80. The van der Waals surface area contributed by atoms with E-state index in [1.807, 2.05) is 0 Å². The molecule has 0 spiro atoms. The average molecular weight is 318 g/mol. The standard InChI is InChI=1S/C14H23FN2O3S/c1-11(9-15)4-5-12(2)17-21(3,20)14(6-7-14)8-13(10-18)16-19/h4-5,13,18H,3,6-10H2,1-2H3,(H,17,20)/b11-4-,12-5+. The molecule has 0 heterocycles. The number of hydrogen-bond acceptors (Lipinski definition) is 4. The van der Waals surface area contributed by atoms with Gasteiger partial charge in [0.2, 0.25) is 0 Å². The minimum Gasteiger partial charge on any atom is -0.394 e. The van der Waals surface area contributed by atoms with Crippen LogP contribution in [0.25, 0.3) is 0 Å². The van der Waals surface area contributed by atoms with Crippen LogP contribution >= 0.6 is 0 Å². The maximum Gasteiger partial charge on any atom is 0.116 e. The Bertz CT molecular complexity index is 536. The Kier molecular flexibility index (Phi) is 6.10. The van der Waals surface area contributed by atoms with Crippen molar-refractivity contribution in [3.63, 3.8) is 0 Å². The number of nitroso groups, excluding NO2 is 1. The van der Waals surface area contributed by atoms with E-state index >= 15 is 0 Å². The van der Waals surface area contributed by atoms with Crippen LogP contribution in [0, 0.1) is 4.91 Å². The number of aliphatic hydroxyl groups excluding tert-OH is 1. The van der Waals surface area contributed by atoms with Crippen molar-refractivity contribution in [2.75, 3.05) is 13.3 Å². The molecule has 5 nitrogen and oxygen atoms in total. The lowest BCUT2D eigenvalue weighted by Gasteiger charge is -2.24. The van der Waals surface area contributed by atoms with Crippen LogP contribution in [0.5, 0.6) is 0 Å². The quantitative estimate of drug-likeness (QED) is 0.388. The van der Waals surface area contributed by atoms with Gasteiger partial charge in [0, 0.05) is 5.70 Å². The molecular formula is C14H23FN2O3S. The number of halogens is 1. The van der Waals surface area contributed by atoms with Crippen molar-refractivity contribution in [2.45, 2.75) is 43.9 Å². The fraction of sp³-hybridized carbons (Fsp3) is 0.643. The SMILES string of the molecule is C=S(=O)(N/C(C)=C/C=C(/C)CF)C1(CC(CO)N=O)CC1. The van der Waals surface area contributed by atoms with Crippen molar-refractivity contribution < 1.29 is 13.7 Å². The van der Waals surface area contributed by atoms with Crippen LogP contribution in [-0.4, -0.2) is 39.3 Å². The summed E-state index contributed by atoms with van der Waals surface area (Å²) in [6, 6.07) is -0.755. The molecule has 1 aliphatic carbocycles. The van der Waals surface area contributed by atoms with Gasteiger partial charge in [0.15, 0.2) is 0 Å². The lowest BCUT2D eigenvalue weighted by atomic mass is 10.1. The molecule has 1 saturated carbocycles. The molecule has 120 valence electrons. The largest absolute Gasteiger partial charge is 0.394 e. The first-order valence-corrected chi connectivity index (χ1v) is 8.51. The van der Waals surface area contributed by atoms with Gasteiger partial charge in [-0.3, -0.25) is 0 Å². The van der Waals surface area contributed by atoms with Gasteiger partial charge in [-0.05, 0) is 50.6 Å². The van der Waals surface area contributed by atoms with E-state index in [0.717, 1.165) is 0 Å². The number of rotatable bonds is 9. The van der Waals surface area contributed by atoms with Crippen molar-refractivity contribution in [3.8, 4) is 0 Å². The Morgan fingerprint density at radius 1 is 1.52 bits per heavy atom. The molecule has 1 aliphatic rings. The number of aliphatic hydroxyl groups is 1. The summed E-state index contributed by atoms with van der Waals surface area (Å²) in [6.45, 7) is 2.50. The second-order valence-electron chi connectivity index (χ2n) is 5.60. The molecule has 1 rings (SSSR count). The van der Waals surface area contributed by atoms with Gasteiger partial charge in [-0.15, -0.1) is 0 Å². The van der Waals surface area contributed by atoms with Gasteiger partial charge in [-0.25, -0.2) is 8.60 Å². The Morgan fingerprint density at radius 3 is 2.57 bits per heavy atom. The summed E-state index contributed by atoms with van der Waals surface area (Å²) in [5, 5.41) is 11.9.